The molecule has 0 spiro atoms. The Morgan fingerprint density at radius 3 is 2.62 bits per heavy atom. The second-order valence-electron chi connectivity index (χ2n) is 4.32. The topological polar surface area (TPSA) is 79.7 Å². The van der Waals surface area contributed by atoms with Crippen LogP contribution in [0.15, 0.2) is 24.3 Å². The minimum atomic E-state index is -1.10. The number of benzene rings is 1. The van der Waals surface area contributed by atoms with Crippen LogP contribution >= 0.6 is 11.5 Å². The van der Waals surface area contributed by atoms with Crippen LogP contribution in [0.2, 0.25) is 0 Å². The lowest BCUT2D eigenvalue weighted by molar-refractivity contribution is 0.0697. The number of aryl methyl sites for hydroxylation is 1. The van der Waals surface area contributed by atoms with Crippen LogP contribution in [-0.4, -0.2) is 35.5 Å². The summed E-state index contributed by atoms with van der Waals surface area (Å²) in [5.74, 6) is -1.01. The number of carbonyl (C=O) groups excluding carboxylic acids is 1. The number of aromatic carboxylic acids is 1. The Balaban J connectivity index is 2.43. The predicted octanol–water partition coefficient (Wildman–Crippen LogP) is 2.43. The van der Waals surface area contributed by atoms with Crippen molar-refractivity contribution in [2.75, 3.05) is 19.1 Å². The molecule has 0 bridgehead atoms. The fourth-order valence-electron chi connectivity index (χ4n) is 1.93. The van der Waals surface area contributed by atoms with Gasteiger partial charge in [0.1, 0.15) is 16.3 Å². The molecule has 2 aromatic rings. The van der Waals surface area contributed by atoms with Gasteiger partial charge in [-0.25, -0.2) is 4.79 Å². The summed E-state index contributed by atoms with van der Waals surface area (Å²) in [7, 11) is 3.00. The van der Waals surface area contributed by atoms with Gasteiger partial charge in [0.15, 0.2) is 0 Å². The molecule has 1 amide bonds. The van der Waals surface area contributed by atoms with Crippen molar-refractivity contribution in [1.29, 1.82) is 0 Å². The van der Waals surface area contributed by atoms with Crippen LogP contribution in [0.5, 0.6) is 5.75 Å². The molecule has 0 saturated carbocycles. The fraction of sp³-hybridized carbons (Fsp3) is 0.214. The first-order valence-corrected chi connectivity index (χ1v) is 6.85. The molecule has 0 unspecified atom stereocenters. The highest BCUT2D eigenvalue weighted by Gasteiger charge is 2.25. The summed E-state index contributed by atoms with van der Waals surface area (Å²) in [6.45, 7) is 1.60. The van der Waals surface area contributed by atoms with Gasteiger partial charge in [0, 0.05) is 7.05 Å². The third-order valence-electron chi connectivity index (χ3n) is 3.01. The number of amides is 1. The molecular weight excluding hydrogens is 292 g/mol. The number of rotatable bonds is 4. The summed E-state index contributed by atoms with van der Waals surface area (Å²) in [6.07, 6.45) is 0. The van der Waals surface area contributed by atoms with Gasteiger partial charge in [-0.1, -0.05) is 12.1 Å². The Labute approximate surface area is 125 Å². The first-order valence-electron chi connectivity index (χ1n) is 6.08. The van der Waals surface area contributed by atoms with Crippen molar-refractivity contribution < 1.29 is 19.4 Å². The third-order valence-corrected chi connectivity index (χ3v) is 4.02. The van der Waals surface area contributed by atoms with Crippen LogP contribution < -0.4 is 9.64 Å². The number of para-hydroxylation sites is 1. The van der Waals surface area contributed by atoms with Gasteiger partial charge in [0.25, 0.3) is 5.91 Å². The maximum Gasteiger partial charge on any atom is 0.340 e. The third kappa shape index (κ3) is 2.73. The number of anilines is 1. The van der Waals surface area contributed by atoms with Gasteiger partial charge in [0.05, 0.1) is 18.4 Å². The summed E-state index contributed by atoms with van der Waals surface area (Å²) in [5.41, 5.74) is 0.804. The minimum Gasteiger partial charge on any atom is -0.496 e. The summed E-state index contributed by atoms with van der Waals surface area (Å²) in [6, 6.07) is 6.79. The van der Waals surface area contributed by atoms with Gasteiger partial charge in [-0.2, -0.15) is 4.37 Å². The van der Waals surface area contributed by atoms with Gasteiger partial charge in [0.2, 0.25) is 0 Å². The van der Waals surface area contributed by atoms with E-state index in [1.165, 1.54) is 19.1 Å². The number of aromatic nitrogens is 1. The van der Waals surface area contributed by atoms with Crippen LogP contribution in [0.4, 0.5) is 5.00 Å². The quantitative estimate of drug-likeness (QED) is 0.938. The van der Waals surface area contributed by atoms with Crippen LogP contribution in [0.1, 0.15) is 26.4 Å². The fourth-order valence-corrected chi connectivity index (χ4v) is 2.77. The Morgan fingerprint density at radius 2 is 2.00 bits per heavy atom. The van der Waals surface area contributed by atoms with Crippen LogP contribution in [0, 0.1) is 6.92 Å². The van der Waals surface area contributed by atoms with Gasteiger partial charge >= 0.3 is 5.97 Å². The van der Waals surface area contributed by atoms with Crippen molar-refractivity contribution in [3.8, 4) is 5.75 Å². The van der Waals surface area contributed by atoms with E-state index in [4.69, 9.17) is 4.74 Å². The predicted molar refractivity (Wildman–Crippen MR) is 79.5 cm³/mol. The summed E-state index contributed by atoms with van der Waals surface area (Å²) < 4.78 is 9.17. The molecule has 1 heterocycles. The van der Waals surface area contributed by atoms with E-state index < -0.39 is 5.97 Å². The molecule has 0 radical (unpaired) electrons. The zero-order valence-corrected chi connectivity index (χ0v) is 12.6. The number of hydrogen-bond donors (Lipinski definition) is 1. The highest BCUT2D eigenvalue weighted by Crippen LogP contribution is 2.30. The van der Waals surface area contributed by atoms with E-state index >= 15 is 0 Å². The zero-order valence-electron chi connectivity index (χ0n) is 11.8. The molecule has 0 saturated heterocycles. The molecular formula is C14H14N2O4S. The Bertz CT molecular complexity index is 696. The molecule has 21 heavy (non-hydrogen) atoms. The number of hydrogen-bond acceptors (Lipinski definition) is 5. The second kappa shape index (κ2) is 5.92. The van der Waals surface area contributed by atoms with Gasteiger partial charge in [-0.3, -0.25) is 4.79 Å². The molecule has 0 aliphatic heterocycles. The van der Waals surface area contributed by atoms with Crippen molar-refractivity contribution in [3.05, 3.63) is 41.1 Å². The molecule has 110 valence electrons. The van der Waals surface area contributed by atoms with E-state index in [2.05, 4.69) is 4.37 Å². The van der Waals surface area contributed by atoms with Crippen molar-refractivity contribution >= 4 is 28.4 Å². The number of carboxylic acid groups (broad SMARTS) is 1. The van der Waals surface area contributed by atoms with Crippen molar-refractivity contribution in [1.82, 2.24) is 4.37 Å². The number of nitrogens with zero attached hydrogens (tertiary/aromatic N) is 2. The van der Waals surface area contributed by atoms with Crippen LogP contribution in [-0.2, 0) is 0 Å². The normalized spacial score (nSPS) is 10.2. The summed E-state index contributed by atoms with van der Waals surface area (Å²) in [5, 5.41) is 9.54. The lowest BCUT2D eigenvalue weighted by atomic mass is 10.1. The molecule has 0 aliphatic carbocycles. The van der Waals surface area contributed by atoms with Crippen LogP contribution in [0.25, 0.3) is 0 Å². The van der Waals surface area contributed by atoms with Crippen molar-refractivity contribution in [3.63, 3.8) is 0 Å². The van der Waals surface area contributed by atoms with Crippen LogP contribution in [0.3, 0.4) is 0 Å². The minimum absolute atomic E-state index is 0.0470. The number of carbonyl (C=O) groups is 2. The molecule has 1 aromatic carbocycles. The van der Waals surface area contributed by atoms with Gasteiger partial charge in [-0.15, -0.1) is 0 Å². The van der Waals surface area contributed by atoms with E-state index in [1.54, 1.807) is 31.2 Å². The van der Waals surface area contributed by atoms with E-state index in [-0.39, 0.29) is 11.5 Å². The molecule has 7 heteroatoms. The van der Waals surface area contributed by atoms with Crippen molar-refractivity contribution in [2.24, 2.45) is 0 Å². The van der Waals surface area contributed by atoms with Gasteiger partial charge < -0.3 is 14.7 Å². The van der Waals surface area contributed by atoms with Gasteiger partial charge in [-0.05, 0) is 30.6 Å². The Hall–Kier alpha value is -2.41. The summed E-state index contributed by atoms with van der Waals surface area (Å²) in [4.78, 5) is 25.1. The lowest BCUT2D eigenvalue weighted by Gasteiger charge is -2.17. The highest BCUT2D eigenvalue weighted by molar-refractivity contribution is 7.11. The van der Waals surface area contributed by atoms with E-state index in [0.29, 0.717) is 22.0 Å². The average molecular weight is 306 g/mol. The smallest absolute Gasteiger partial charge is 0.340 e. The maximum atomic E-state index is 12.5. The molecule has 1 N–H and O–H groups in total. The van der Waals surface area contributed by atoms with E-state index in [1.807, 2.05) is 0 Å². The number of ether oxygens (including phenoxy) is 1. The Kier molecular flexibility index (Phi) is 4.23. The molecule has 0 aliphatic rings. The number of methoxy groups -OCH3 is 1. The van der Waals surface area contributed by atoms with Crippen molar-refractivity contribution in [2.45, 2.75) is 6.92 Å². The monoisotopic (exact) mass is 306 g/mol. The molecule has 6 nitrogen and oxygen atoms in total. The Morgan fingerprint density at radius 1 is 1.33 bits per heavy atom. The number of carboxylic acids is 1. The lowest BCUT2D eigenvalue weighted by Crippen LogP contribution is -2.27. The maximum absolute atomic E-state index is 12.5. The highest BCUT2D eigenvalue weighted by atomic mass is 32.1. The molecule has 0 atom stereocenters. The standard InChI is InChI=1S/C14H14N2O4S/c1-8-11(14(18)19)13(21-15-8)16(2)12(17)9-6-4-5-7-10(9)20-3/h4-7H,1-3H3,(H,18,19). The molecule has 2 rings (SSSR count). The first kappa shape index (κ1) is 15.0. The zero-order chi connectivity index (χ0) is 15.6. The largest absolute Gasteiger partial charge is 0.496 e. The summed E-state index contributed by atoms with van der Waals surface area (Å²) >= 11 is 0.982. The van der Waals surface area contributed by atoms with E-state index in [0.717, 1.165) is 11.5 Å². The average Bonchev–Trinajstić information content (AvgIpc) is 2.87. The molecule has 0 fully saturated rings. The van der Waals surface area contributed by atoms with E-state index in [9.17, 15) is 14.7 Å². The second-order valence-corrected chi connectivity index (χ2v) is 5.07. The molecule has 1 aromatic heterocycles. The first-order chi connectivity index (χ1) is 9.97. The SMILES string of the molecule is COc1ccccc1C(=O)N(C)c1snc(C)c1C(=O)O.